The molecule has 1 aliphatic rings. The van der Waals surface area contributed by atoms with Crippen molar-refractivity contribution in [3.05, 3.63) is 33.9 Å². The van der Waals surface area contributed by atoms with Gasteiger partial charge in [0.1, 0.15) is 11.6 Å². The number of aliphatic carboxylic acids is 1. The van der Waals surface area contributed by atoms with E-state index in [1.54, 1.807) is 26.1 Å². The Balaban J connectivity index is 2.17. The molecule has 2 rings (SSSR count). The smallest absolute Gasteiger partial charge is 0.324 e. The van der Waals surface area contributed by atoms with Gasteiger partial charge in [0.15, 0.2) is 5.75 Å². The minimum absolute atomic E-state index is 0.0905. The van der Waals surface area contributed by atoms with E-state index in [4.69, 9.17) is 4.74 Å². The summed E-state index contributed by atoms with van der Waals surface area (Å²) in [5.74, 6) is -0.734. The number of nitro groups is 1. The van der Waals surface area contributed by atoms with E-state index in [1.165, 1.54) is 6.07 Å². The number of nitrogens with zero attached hydrogens (tertiary/aromatic N) is 1. The maximum Gasteiger partial charge on any atom is 0.324 e. The summed E-state index contributed by atoms with van der Waals surface area (Å²) in [7, 11) is 1.60. The highest BCUT2D eigenvalue weighted by Crippen LogP contribution is 2.36. The molecule has 21 heavy (non-hydrogen) atoms. The topological polar surface area (TPSA) is 102 Å². The number of carboxylic acid groups (broad SMARTS) is 1. The number of likely N-dealkylation sites (N-methyl/N-ethyl adjacent to an activating group) is 1. The number of aryl methyl sites for hydroxylation is 1. The standard InChI is InChI=1S/C14H18N2O5/c1-9-3-4-12(11(7-9)16(19)20)21-10-5-6-14(8-10,15-2)13(17)18/h3-4,7,10,15H,5-6,8H2,1-2H3,(H,17,18). The minimum atomic E-state index is -1.01. The number of carbonyl (C=O) groups is 1. The molecule has 7 nitrogen and oxygen atoms in total. The fraction of sp³-hybridized carbons (Fsp3) is 0.500. The van der Waals surface area contributed by atoms with Crippen molar-refractivity contribution in [2.24, 2.45) is 0 Å². The lowest BCUT2D eigenvalue weighted by Gasteiger charge is -2.23. The highest BCUT2D eigenvalue weighted by Gasteiger charge is 2.45. The average molecular weight is 294 g/mol. The Hall–Kier alpha value is -2.15. The van der Waals surface area contributed by atoms with E-state index in [9.17, 15) is 20.0 Å². The normalized spacial score (nSPS) is 24.8. The van der Waals surface area contributed by atoms with Gasteiger partial charge in [-0.1, -0.05) is 6.07 Å². The van der Waals surface area contributed by atoms with Crippen LogP contribution in [-0.4, -0.2) is 34.7 Å². The average Bonchev–Trinajstić information content (AvgIpc) is 2.85. The summed E-state index contributed by atoms with van der Waals surface area (Å²) in [6.45, 7) is 1.77. The number of nitro benzene ring substituents is 1. The van der Waals surface area contributed by atoms with Gasteiger partial charge in [-0.15, -0.1) is 0 Å². The first-order valence-electron chi connectivity index (χ1n) is 6.72. The van der Waals surface area contributed by atoms with Gasteiger partial charge >= 0.3 is 11.7 Å². The Morgan fingerprint density at radius 1 is 1.57 bits per heavy atom. The first-order valence-corrected chi connectivity index (χ1v) is 6.72. The first kappa shape index (κ1) is 15.2. The van der Waals surface area contributed by atoms with Crippen LogP contribution in [0.4, 0.5) is 5.69 Å². The van der Waals surface area contributed by atoms with Crippen molar-refractivity contribution in [2.45, 2.75) is 37.8 Å². The van der Waals surface area contributed by atoms with Crippen LogP contribution in [0.2, 0.25) is 0 Å². The molecular weight excluding hydrogens is 276 g/mol. The fourth-order valence-electron chi connectivity index (χ4n) is 2.68. The van der Waals surface area contributed by atoms with E-state index in [1.807, 2.05) is 0 Å². The lowest BCUT2D eigenvalue weighted by Crippen LogP contribution is -2.48. The van der Waals surface area contributed by atoms with Crippen LogP contribution in [0.5, 0.6) is 5.75 Å². The van der Waals surface area contributed by atoms with Crippen LogP contribution < -0.4 is 10.1 Å². The lowest BCUT2D eigenvalue weighted by molar-refractivity contribution is -0.386. The molecule has 1 saturated carbocycles. The maximum atomic E-state index is 11.3. The Morgan fingerprint density at radius 3 is 2.81 bits per heavy atom. The molecule has 2 unspecified atom stereocenters. The number of hydrogen-bond donors (Lipinski definition) is 2. The Morgan fingerprint density at radius 2 is 2.29 bits per heavy atom. The summed E-state index contributed by atoms with van der Waals surface area (Å²) >= 11 is 0. The molecular formula is C14H18N2O5. The van der Waals surface area contributed by atoms with Gasteiger partial charge < -0.3 is 15.2 Å². The van der Waals surface area contributed by atoms with E-state index < -0.39 is 16.4 Å². The summed E-state index contributed by atoms with van der Waals surface area (Å²) < 4.78 is 5.69. The third kappa shape index (κ3) is 2.97. The molecule has 0 aliphatic heterocycles. The van der Waals surface area contributed by atoms with Crippen LogP contribution in [0.15, 0.2) is 18.2 Å². The molecule has 2 N–H and O–H groups in total. The van der Waals surface area contributed by atoms with Crippen LogP contribution in [-0.2, 0) is 4.79 Å². The number of benzene rings is 1. The van der Waals surface area contributed by atoms with Gasteiger partial charge in [-0.3, -0.25) is 14.9 Å². The van der Waals surface area contributed by atoms with E-state index in [0.717, 1.165) is 5.56 Å². The van der Waals surface area contributed by atoms with Crippen molar-refractivity contribution in [2.75, 3.05) is 7.05 Å². The van der Waals surface area contributed by atoms with E-state index in [2.05, 4.69) is 5.32 Å². The molecule has 0 bridgehead atoms. The fourth-order valence-corrected chi connectivity index (χ4v) is 2.68. The number of carboxylic acids is 1. The third-order valence-corrected chi connectivity index (χ3v) is 3.96. The van der Waals surface area contributed by atoms with Crippen LogP contribution in [0.1, 0.15) is 24.8 Å². The molecule has 0 aromatic heterocycles. The zero-order chi connectivity index (χ0) is 15.6. The van der Waals surface area contributed by atoms with Crippen LogP contribution in [0.3, 0.4) is 0 Å². The largest absolute Gasteiger partial charge is 0.483 e. The Kier molecular flexibility index (Phi) is 4.13. The summed E-state index contributed by atoms with van der Waals surface area (Å²) in [5, 5.41) is 23.2. The Bertz CT molecular complexity index is 574. The van der Waals surface area contributed by atoms with Crippen molar-refractivity contribution in [1.82, 2.24) is 5.32 Å². The van der Waals surface area contributed by atoms with Gasteiger partial charge in [0.2, 0.25) is 0 Å². The molecule has 1 fully saturated rings. The van der Waals surface area contributed by atoms with Gasteiger partial charge in [0.05, 0.1) is 4.92 Å². The van der Waals surface area contributed by atoms with Gasteiger partial charge in [-0.2, -0.15) is 0 Å². The molecule has 0 amide bonds. The third-order valence-electron chi connectivity index (χ3n) is 3.96. The van der Waals surface area contributed by atoms with E-state index >= 15 is 0 Å². The molecule has 2 atom stereocenters. The molecule has 0 saturated heterocycles. The summed E-state index contributed by atoms with van der Waals surface area (Å²) in [4.78, 5) is 21.9. The molecule has 0 heterocycles. The van der Waals surface area contributed by atoms with Crippen molar-refractivity contribution < 1.29 is 19.6 Å². The zero-order valence-electron chi connectivity index (χ0n) is 12.0. The van der Waals surface area contributed by atoms with Crippen molar-refractivity contribution in [3.63, 3.8) is 0 Å². The second-order valence-electron chi connectivity index (χ2n) is 5.35. The van der Waals surface area contributed by atoms with Crippen LogP contribution in [0, 0.1) is 17.0 Å². The highest BCUT2D eigenvalue weighted by molar-refractivity contribution is 5.79. The van der Waals surface area contributed by atoms with Gasteiger partial charge in [-0.25, -0.2) is 0 Å². The second kappa shape index (κ2) is 5.69. The summed E-state index contributed by atoms with van der Waals surface area (Å²) in [6, 6.07) is 4.75. The summed E-state index contributed by atoms with van der Waals surface area (Å²) in [6.07, 6.45) is 0.903. The maximum absolute atomic E-state index is 11.3. The first-order chi connectivity index (χ1) is 9.88. The molecule has 114 valence electrons. The second-order valence-corrected chi connectivity index (χ2v) is 5.35. The van der Waals surface area contributed by atoms with E-state index in [0.29, 0.717) is 12.8 Å². The van der Waals surface area contributed by atoms with E-state index in [-0.39, 0.29) is 24.0 Å². The van der Waals surface area contributed by atoms with Crippen molar-refractivity contribution in [1.29, 1.82) is 0 Å². The monoisotopic (exact) mass is 294 g/mol. The van der Waals surface area contributed by atoms with Gasteiger partial charge in [-0.05, 0) is 38.4 Å². The molecule has 1 aromatic carbocycles. The molecule has 0 radical (unpaired) electrons. The van der Waals surface area contributed by atoms with Crippen LogP contribution in [0.25, 0.3) is 0 Å². The SMILES string of the molecule is CNC1(C(=O)O)CCC(Oc2ccc(C)cc2[N+](=O)[O-])C1. The molecule has 1 aromatic rings. The van der Waals surface area contributed by atoms with Crippen molar-refractivity contribution in [3.8, 4) is 5.75 Å². The lowest BCUT2D eigenvalue weighted by atomic mass is 9.98. The molecule has 7 heteroatoms. The van der Waals surface area contributed by atoms with Crippen LogP contribution >= 0.6 is 0 Å². The zero-order valence-corrected chi connectivity index (χ0v) is 12.0. The molecule has 0 spiro atoms. The van der Waals surface area contributed by atoms with Gasteiger partial charge in [0.25, 0.3) is 0 Å². The molecule has 1 aliphatic carbocycles. The highest BCUT2D eigenvalue weighted by atomic mass is 16.6. The number of ether oxygens (including phenoxy) is 1. The number of rotatable bonds is 5. The number of hydrogen-bond acceptors (Lipinski definition) is 5. The minimum Gasteiger partial charge on any atom is -0.483 e. The van der Waals surface area contributed by atoms with Gasteiger partial charge in [0, 0.05) is 12.5 Å². The quantitative estimate of drug-likeness (QED) is 0.635. The Labute approximate surface area is 122 Å². The predicted octanol–water partition coefficient (Wildman–Crippen LogP) is 1.88. The predicted molar refractivity (Wildman–Crippen MR) is 75.5 cm³/mol. The number of nitrogens with one attached hydrogen (secondary N) is 1. The van der Waals surface area contributed by atoms with Crippen molar-refractivity contribution >= 4 is 11.7 Å². The summed E-state index contributed by atoms with van der Waals surface area (Å²) in [5.41, 5.74) is -0.327.